The molecule has 0 heterocycles. The summed E-state index contributed by atoms with van der Waals surface area (Å²) in [6.45, 7) is 23.2. The summed E-state index contributed by atoms with van der Waals surface area (Å²) in [6, 6.07) is 0. The van der Waals surface area contributed by atoms with Crippen LogP contribution in [0.1, 0.15) is 20.3 Å². The highest BCUT2D eigenvalue weighted by Crippen LogP contribution is 2.39. The second-order valence-corrected chi connectivity index (χ2v) is 26.5. The first-order valence-corrected chi connectivity index (χ1v) is 21.0. The first kappa shape index (κ1) is 25.0. The molecule has 6 nitrogen and oxygen atoms in total. The Morgan fingerprint density at radius 3 is 1.36 bits per heavy atom. The largest absolute Gasteiger partial charge is 0.476 e. The third kappa shape index (κ3) is 10.1. The van der Waals surface area contributed by atoms with Gasteiger partial charge >= 0.3 is 14.9 Å². The van der Waals surface area contributed by atoms with E-state index in [-0.39, 0.29) is 5.54 Å². The van der Waals surface area contributed by atoms with E-state index in [2.05, 4.69) is 65.8 Å². The molecule has 150 valence electrons. The van der Waals surface area contributed by atoms with Crippen LogP contribution < -0.4 is 5.73 Å². The molecule has 0 aliphatic carbocycles. The molecular weight excluding hydrogens is 387 g/mol. The van der Waals surface area contributed by atoms with Crippen molar-refractivity contribution >= 4 is 39.8 Å². The number of ether oxygens (including phenoxy) is 1. The summed E-state index contributed by atoms with van der Waals surface area (Å²) in [5.74, 6) is 0. The molecule has 0 aromatic carbocycles. The van der Waals surface area contributed by atoms with Crippen molar-refractivity contribution in [3.63, 3.8) is 0 Å². The van der Waals surface area contributed by atoms with Gasteiger partial charge in [0.25, 0.3) is 0 Å². The highest BCUT2D eigenvalue weighted by molar-refractivity contribution is 6.90. The molecule has 0 aliphatic heterocycles. The molecule has 2 N–H and O–H groups in total. The molecule has 0 aromatic heterocycles. The number of primary amides is 1. The Labute approximate surface area is 158 Å². The van der Waals surface area contributed by atoms with E-state index in [0.29, 0.717) is 0 Å². The van der Waals surface area contributed by atoms with Gasteiger partial charge in [0.2, 0.25) is 0 Å². The molecule has 0 spiro atoms. The maximum atomic E-state index is 11.3. The van der Waals surface area contributed by atoms with Crippen LogP contribution in [0, 0.1) is 0 Å². The lowest BCUT2D eigenvalue weighted by atomic mass is 10.2. The van der Waals surface area contributed by atoms with E-state index in [9.17, 15) is 4.79 Å². The summed E-state index contributed by atoms with van der Waals surface area (Å²) in [4.78, 5) is 11.3. The van der Waals surface area contributed by atoms with Crippen LogP contribution in [0.5, 0.6) is 0 Å². The quantitative estimate of drug-likeness (QED) is 0.511. The van der Waals surface area contributed by atoms with Gasteiger partial charge in [-0.2, -0.15) is 0 Å². The van der Waals surface area contributed by atoms with Gasteiger partial charge in [-0.05, 0) is 72.3 Å². The first-order valence-electron chi connectivity index (χ1n) is 8.97. The topological polar surface area (TPSA) is 80.0 Å². The predicted molar refractivity (Wildman–Crippen MR) is 113 cm³/mol. The fourth-order valence-corrected chi connectivity index (χ4v) is 17.5. The van der Waals surface area contributed by atoms with Crippen LogP contribution in [0.15, 0.2) is 0 Å². The van der Waals surface area contributed by atoms with Crippen molar-refractivity contribution in [1.29, 1.82) is 0 Å². The Morgan fingerprint density at radius 2 is 1.16 bits per heavy atom. The van der Waals surface area contributed by atoms with Crippen LogP contribution in [0.25, 0.3) is 0 Å². The third-order valence-corrected chi connectivity index (χ3v) is 15.7. The molecule has 0 aromatic rings. The second kappa shape index (κ2) is 8.80. The molecule has 0 bridgehead atoms. The molecule has 0 rings (SSSR count). The summed E-state index contributed by atoms with van der Waals surface area (Å²) in [5.41, 5.74) is 5.13. The molecule has 0 aliphatic rings. The monoisotopic (exact) mass is 425 g/mol. The van der Waals surface area contributed by atoms with Crippen LogP contribution in [0.2, 0.25) is 64.5 Å². The smallest absolute Gasteiger partial charge is 0.446 e. The Balaban J connectivity index is 6.20. The van der Waals surface area contributed by atoms with Crippen molar-refractivity contribution in [1.82, 2.24) is 0 Å². The molecule has 0 saturated carbocycles. The maximum absolute atomic E-state index is 11.3. The number of amides is 1. The number of carbonyl (C=O) groups is 1. The SMILES string of the molecule is CCC(C(C)OC(N)=O)[Si](O[Si](C)(C)C)(O[Si](C)(C)C)O[Si](C)(C)C. The van der Waals surface area contributed by atoms with Gasteiger partial charge in [0, 0.05) is 0 Å². The third-order valence-electron chi connectivity index (χ3n) is 3.11. The van der Waals surface area contributed by atoms with E-state index in [0.717, 1.165) is 6.42 Å². The van der Waals surface area contributed by atoms with Crippen molar-refractivity contribution in [3.8, 4) is 0 Å². The van der Waals surface area contributed by atoms with Crippen molar-refractivity contribution in [2.75, 3.05) is 0 Å². The Morgan fingerprint density at radius 1 is 0.840 bits per heavy atom. The average Bonchev–Trinajstić information content (AvgIpc) is 2.19. The van der Waals surface area contributed by atoms with Crippen LogP contribution in [0.3, 0.4) is 0 Å². The van der Waals surface area contributed by atoms with Gasteiger partial charge in [0.15, 0.2) is 25.0 Å². The number of carbonyl (C=O) groups excluding carboxylic acids is 1. The number of hydrogen-bond donors (Lipinski definition) is 1. The fraction of sp³-hybridized carbons (Fsp3) is 0.933. The van der Waals surface area contributed by atoms with E-state index in [1.165, 1.54) is 0 Å². The number of nitrogens with two attached hydrogens (primary N) is 1. The summed E-state index contributed by atoms with van der Waals surface area (Å²) >= 11 is 0. The Hall–Kier alpha value is 0.0175. The lowest BCUT2D eigenvalue weighted by molar-refractivity contribution is 0.0931. The molecule has 0 fully saturated rings. The molecule has 2 atom stereocenters. The lowest BCUT2D eigenvalue weighted by Gasteiger charge is -2.47. The van der Waals surface area contributed by atoms with Crippen LogP contribution in [0.4, 0.5) is 4.79 Å². The zero-order valence-electron chi connectivity index (χ0n) is 18.0. The van der Waals surface area contributed by atoms with E-state index in [1.807, 2.05) is 6.92 Å². The summed E-state index contributed by atoms with van der Waals surface area (Å²) < 4.78 is 25.4. The number of rotatable bonds is 10. The van der Waals surface area contributed by atoms with Gasteiger partial charge in [-0.1, -0.05) is 6.92 Å². The summed E-state index contributed by atoms with van der Waals surface area (Å²) in [5, 5.41) is 0. The predicted octanol–water partition coefficient (Wildman–Crippen LogP) is 4.74. The van der Waals surface area contributed by atoms with E-state index < -0.39 is 46.0 Å². The summed E-state index contributed by atoms with van der Waals surface area (Å²) in [6.07, 6.45) is -0.457. The molecule has 25 heavy (non-hydrogen) atoms. The fourth-order valence-electron chi connectivity index (χ4n) is 2.70. The molecule has 2 unspecified atom stereocenters. The van der Waals surface area contributed by atoms with Crippen LogP contribution in [-0.2, 0) is 17.1 Å². The van der Waals surface area contributed by atoms with Gasteiger partial charge in [-0.25, -0.2) is 4.79 Å². The van der Waals surface area contributed by atoms with Gasteiger partial charge in [-0.3, -0.25) is 0 Å². The zero-order valence-corrected chi connectivity index (χ0v) is 22.0. The molecule has 10 heteroatoms. The summed E-state index contributed by atoms with van der Waals surface area (Å²) in [7, 11) is -9.03. The Bertz CT molecular complexity index is 402. The van der Waals surface area contributed by atoms with Crippen LogP contribution in [-0.4, -0.2) is 46.0 Å². The normalized spacial score (nSPS) is 16.4. The minimum absolute atomic E-state index is 0.134. The molecular formula is C15H39NO5Si4. The van der Waals surface area contributed by atoms with Crippen molar-refractivity contribution in [3.05, 3.63) is 0 Å². The zero-order chi connectivity index (χ0) is 20.3. The van der Waals surface area contributed by atoms with Gasteiger partial charge in [0.05, 0.1) is 5.54 Å². The minimum atomic E-state index is -3.11. The van der Waals surface area contributed by atoms with E-state index in [4.69, 9.17) is 22.8 Å². The van der Waals surface area contributed by atoms with Gasteiger partial charge in [0.1, 0.15) is 6.10 Å². The lowest BCUT2D eigenvalue weighted by Crippen LogP contribution is -2.64. The standard InChI is InChI=1S/C15H39NO5Si4/c1-12-14(13(2)18-15(16)17)25(19-22(3,4)5,20-23(6,7)8)21-24(9,10)11/h13-14H,12H2,1-11H3,(H2,16,17). The highest BCUT2D eigenvalue weighted by Gasteiger charge is 2.57. The van der Waals surface area contributed by atoms with Gasteiger partial charge in [-0.15, -0.1) is 0 Å². The van der Waals surface area contributed by atoms with Crippen molar-refractivity contribution in [2.45, 2.75) is 90.8 Å². The number of hydrogen-bond acceptors (Lipinski definition) is 5. The Kier molecular flexibility index (Phi) is 8.81. The molecule has 0 radical (unpaired) electrons. The van der Waals surface area contributed by atoms with Crippen molar-refractivity contribution < 1.29 is 21.9 Å². The minimum Gasteiger partial charge on any atom is -0.446 e. The van der Waals surface area contributed by atoms with Crippen LogP contribution >= 0.6 is 0 Å². The van der Waals surface area contributed by atoms with E-state index in [1.54, 1.807) is 0 Å². The highest BCUT2D eigenvalue weighted by atomic mass is 28.5. The van der Waals surface area contributed by atoms with E-state index >= 15 is 0 Å². The average molecular weight is 426 g/mol. The van der Waals surface area contributed by atoms with Crippen molar-refractivity contribution in [2.24, 2.45) is 5.73 Å². The molecule has 1 amide bonds. The molecule has 0 saturated heterocycles. The maximum Gasteiger partial charge on any atom is 0.476 e. The first-order chi connectivity index (χ1) is 10.9. The second-order valence-electron chi connectivity index (χ2n) is 9.40. The van der Waals surface area contributed by atoms with Gasteiger partial charge < -0.3 is 22.8 Å².